The maximum Gasteiger partial charge on any atom is 0.472 e. The Kier molecular flexibility index (Phi) is 29.8. The molecule has 0 bridgehead atoms. The number of esters is 2. The summed E-state index contributed by atoms with van der Waals surface area (Å²) in [5.74, 6) is -1.13. The fourth-order valence-corrected chi connectivity index (χ4v) is 6.99. The van der Waals surface area contributed by atoms with Crippen LogP contribution in [0.5, 0.6) is 0 Å². The number of ether oxygens (including phenoxy) is 2. The molecule has 1 saturated carbocycles. The number of unbranched alkanes of at least 4 members (excludes halogenated alkanes) is 16. The smallest absolute Gasteiger partial charge is 0.462 e. The molecule has 0 aromatic carbocycles. The lowest BCUT2D eigenvalue weighted by molar-refractivity contribution is -0.220. The lowest BCUT2D eigenvalue weighted by Crippen LogP contribution is -2.64. The van der Waals surface area contributed by atoms with Crippen LogP contribution in [0, 0.1) is 0 Å². The first kappa shape index (κ1) is 51.1. The molecule has 6 unspecified atom stereocenters. The third-order valence-corrected chi connectivity index (χ3v) is 10.5. The second-order valence-electron chi connectivity index (χ2n) is 14.5. The molecule has 13 nitrogen and oxygen atoms in total. The number of rotatable bonds is 33. The van der Waals surface area contributed by atoms with Crippen LogP contribution in [0.3, 0.4) is 0 Å². The highest BCUT2D eigenvalue weighted by Gasteiger charge is 2.51. The summed E-state index contributed by atoms with van der Waals surface area (Å²) in [4.78, 5) is 35.5. The summed E-state index contributed by atoms with van der Waals surface area (Å²) >= 11 is 0. The Bertz CT molecular complexity index is 1110. The maximum absolute atomic E-state index is 12.8. The molecule has 320 valence electrons. The van der Waals surface area contributed by atoms with Gasteiger partial charge in [0.05, 0.1) is 6.61 Å². The summed E-state index contributed by atoms with van der Waals surface area (Å²) < 4.78 is 33.4. The minimum atomic E-state index is -5.12. The lowest BCUT2D eigenvalue weighted by atomic mass is 9.85. The van der Waals surface area contributed by atoms with Crippen molar-refractivity contribution in [1.82, 2.24) is 0 Å². The number of hydrogen-bond acceptors (Lipinski definition) is 12. The molecular formula is C41H73O13P. The van der Waals surface area contributed by atoms with Crippen molar-refractivity contribution in [2.24, 2.45) is 0 Å². The highest BCUT2D eigenvalue weighted by atomic mass is 31.2. The Labute approximate surface area is 329 Å². The Morgan fingerprint density at radius 2 is 1.00 bits per heavy atom. The Balaban J connectivity index is 2.53. The number of carbonyl (C=O) groups is 2. The van der Waals surface area contributed by atoms with Crippen molar-refractivity contribution in [2.45, 2.75) is 198 Å². The Morgan fingerprint density at radius 1 is 0.564 bits per heavy atom. The number of phosphoric ester groups is 1. The van der Waals surface area contributed by atoms with Crippen molar-refractivity contribution in [1.29, 1.82) is 0 Å². The average Bonchev–Trinajstić information content (AvgIpc) is 3.16. The van der Waals surface area contributed by atoms with Crippen molar-refractivity contribution in [2.75, 3.05) is 13.2 Å². The molecule has 6 N–H and O–H groups in total. The van der Waals surface area contributed by atoms with Crippen molar-refractivity contribution in [3.8, 4) is 0 Å². The van der Waals surface area contributed by atoms with Crippen LogP contribution in [0.1, 0.15) is 155 Å². The number of allylic oxidation sites excluding steroid dienone is 6. The fourth-order valence-electron chi connectivity index (χ4n) is 6.02. The standard InChI is InChI=1S/C41H73O13P/c1-3-5-7-9-11-13-15-16-17-18-20-22-24-26-28-30-35(43)53-33(31-51-34(42)29-27-25-23-21-19-14-12-10-8-6-4-2)32-52-55(49,50)54-41-39(47)37(45)36(44)38(46)40(41)48/h10,12-13,15-17,33,36-41,44-48H,3-9,11,14,18-32H2,1-2H3,(H,49,50)/b12-10+,15-13+,17-16+/t33-,36?,37-,38?,39?,40?,41?/m1/s1. The van der Waals surface area contributed by atoms with E-state index < -0.39 is 75.7 Å². The highest BCUT2D eigenvalue weighted by molar-refractivity contribution is 7.47. The van der Waals surface area contributed by atoms with E-state index in [9.17, 15) is 44.6 Å². The van der Waals surface area contributed by atoms with Crippen molar-refractivity contribution in [3.63, 3.8) is 0 Å². The molecule has 1 aliphatic carbocycles. The topological polar surface area (TPSA) is 210 Å². The van der Waals surface area contributed by atoms with Crippen molar-refractivity contribution < 1.29 is 63.1 Å². The minimum Gasteiger partial charge on any atom is -0.462 e. The first-order valence-corrected chi connectivity index (χ1v) is 22.3. The quantitative estimate of drug-likeness (QED) is 0.0129. The van der Waals surface area contributed by atoms with Crippen LogP contribution in [0.15, 0.2) is 36.5 Å². The molecule has 1 fully saturated rings. The molecule has 1 aliphatic rings. The van der Waals surface area contributed by atoms with Gasteiger partial charge in [0.2, 0.25) is 0 Å². The lowest BCUT2D eigenvalue weighted by Gasteiger charge is -2.41. The zero-order chi connectivity index (χ0) is 40.7. The van der Waals surface area contributed by atoms with Gasteiger partial charge in [-0.05, 0) is 57.8 Å². The van der Waals surface area contributed by atoms with Gasteiger partial charge in [-0.15, -0.1) is 0 Å². The predicted octanol–water partition coefficient (Wildman–Crippen LogP) is 7.05. The van der Waals surface area contributed by atoms with Gasteiger partial charge < -0.3 is 39.9 Å². The Hall–Kier alpha value is -1.93. The number of phosphoric acid groups is 1. The van der Waals surface area contributed by atoms with E-state index >= 15 is 0 Å². The van der Waals surface area contributed by atoms with E-state index in [0.29, 0.717) is 12.8 Å². The average molecular weight is 805 g/mol. The van der Waals surface area contributed by atoms with E-state index in [1.807, 2.05) is 0 Å². The van der Waals surface area contributed by atoms with E-state index in [4.69, 9.17) is 18.5 Å². The first-order chi connectivity index (χ1) is 26.4. The highest BCUT2D eigenvalue weighted by Crippen LogP contribution is 2.47. The summed E-state index contributed by atoms with van der Waals surface area (Å²) in [7, 11) is -5.12. The molecule has 14 heteroatoms. The summed E-state index contributed by atoms with van der Waals surface area (Å²) in [5, 5.41) is 50.0. The minimum absolute atomic E-state index is 0.0772. The zero-order valence-electron chi connectivity index (χ0n) is 33.5. The largest absolute Gasteiger partial charge is 0.472 e. The predicted molar refractivity (Wildman–Crippen MR) is 212 cm³/mol. The molecule has 0 aromatic rings. The normalized spacial score (nSPS) is 23.4. The van der Waals surface area contributed by atoms with Gasteiger partial charge in [-0.1, -0.05) is 121 Å². The molecule has 0 saturated heterocycles. The van der Waals surface area contributed by atoms with Crippen LogP contribution in [0.4, 0.5) is 0 Å². The van der Waals surface area contributed by atoms with Crippen molar-refractivity contribution >= 4 is 19.8 Å². The van der Waals surface area contributed by atoms with Gasteiger partial charge >= 0.3 is 19.8 Å². The molecule has 0 aliphatic heterocycles. The molecule has 8 atom stereocenters. The van der Waals surface area contributed by atoms with E-state index in [0.717, 1.165) is 77.0 Å². The van der Waals surface area contributed by atoms with Gasteiger partial charge in [0.15, 0.2) is 6.10 Å². The van der Waals surface area contributed by atoms with Gasteiger partial charge in [0.25, 0.3) is 0 Å². The molecule has 55 heavy (non-hydrogen) atoms. The van der Waals surface area contributed by atoms with Gasteiger partial charge in [-0.3, -0.25) is 18.6 Å². The monoisotopic (exact) mass is 804 g/mol. The zero-order valence-corrected chi connectivity index (χ0v) is 34.4. The van der Waals surface area contributed by atoms with Crippen molar-refractivity contribution in [3.05, 3.63) is 36.5 Å². The number of carbonyl (C=O) groups excluding carboxylic acids is 2. The maximum atomic E-state index is 12.8. The third-order valence-electron chi connectivity index (χ3n) is 9.48. The summed E-state index contributed by atoms with van der Waals surface area (Å²) in [6.45, 7) is 3.19. The van der Waals surface area contributed by atoms with Gasteiger partial charge in [-0.2, -0.15) is 0 Å². The number of aliphatic hydroxyl groups excluding tert-OH is 5. The SMILES string of the molecule is CCCC/C=C/CCCCCCCC(=O)OC[C@H](COP(=O)(O)OC1C(O)C(O)C(O)[C@@H](O)C1O)OC(=O)CCCCCCC/C=C/C=C/CCCCCC. The van der Waals surface area contributed by atoms with Gasteiger partial charge in [0.1, 0.15) is 43.2 Å². The fraction of sp³-hybridized carbons (Fsp3) is 0.805. The van der Waals surface area contributed by atoms with E-state index in [1.54, 1.807) is 0 Å². The van der Waals surface area contributed by atoms with Crippen LogP contribution in [-0.4, -0.2) is 98.3 Å². The van der Waals surface area contributed by atoms with Gasteiger partial charge in [0, 0.05) is 12.8 Å². The molecule has 0 aromatic heterocycles. The Morgan fingerprint density at radius 3 is 1.55 bits per heavy atom. The summed E-state index contributed by atoms with van der Waals surface area (Å²) in [6, 6.07) is 0. The number of hydrogen-bond donors (Lipinski definition) is 6. The van der Waals surface area contributed by atoms with Crippen LogP contribution in [0.25, 0.3) is 0 Å². The molecule has 1 rings (SSSR count). The number of aliphatic hydroxyl groups is 5. The van der Waals surface area contributed by atoms with E-state index in [1.165, 1.54) is 38.5 Å². The van der Waals surface area contributed by atoms with Crippen LogP contribution in [-0.2, 0) is 32.7 Å². The van der Waals surface area contributed by atoms with Crippen LogP contribution >= 0.6 is 7.82 Å². The molecular weight excluding hydrogens is 731 g/mol. The van der Waals surface area contributed by atoms with Crippen LogP contribution in [0.2, 0.25) is 0 Å². The molecule has 0 amide bonds. The van der Waals surface area contributed by atoms with E-state index in [-0.39, 0.29) is 12.8 Å². The summed E-state index contributed by atoms with van der Waals surface area (Å²) in [6.07, 6.45) is 20.7. The second-order valence-corrected chi connectivity index (χ2v) is 15.9. The second kappa shape index (κ2) is 32.1. The summed E-state index contributed by atoms with van der Waals surface area (Å²) in [5.41, 5.74) is 0. The van der Waals surface area contributed by atoms with Crippen LogP contribution < -0.4 is 0 Å². The molecule has 0 heterocycles. The molecule has 0 spiro atoms. The molecule has 0 radical (unpaired) electrons. The van der Waals surface area contributed by atoms with E-state index in [2.05, 4.69) is 50.3 Å². The first-order valence-electron chi connectivity index (χ1n) is 20.8. The van der Waals surface area contributed by atoms with Gasteiger partial charge in [-0.25, -0.2) is 4.57 Å². The third kappa shape index (κ3) is 25.1.